The van der Waals surface area contributed by atoms with E-state index in [1.807, 2.05) is 86.5 Å². The summed E-state index contributed by atoms with van der Waals surface area (Å²) in [6.45, 7) is 0. The van der Waals surface area contributed by atoms with Crippen LogP contribution in [0.5, 0.6) is 0 Å². The lowest BCUT2D eigenvalue weighted by atomic mass is 10.1. The Morgan fingerprint density at radius 1 is 0.647 bits per heavy atom. The molecule has 34 heavy (non-hydrogen) atoms. The van der Waals surface area contributed by atoms with Gasteiger partial charge < -0.3 is 9.80 Å². The number of anilines is 2. The smallest absolute Gasteiger partial charge is 0.240 e. The lowest BCUT2D eigenvalue weighted by Crippen LogP contribution is -2.17. The second-order valence-electron chi connectivity index (χ2n) is 8.47. The fraction of sp³-hybridized carbons (Fsp3) is 0.385. The molecule has 0 aliphatic carbocycles. The third-order valence-electron chi connectivity index (χ3n) is 5.18. The van der Waals surface area contributed by atoms with E-state index in [-0.39, 0.29) is 11.8 Å². The van der Waals surface area contributed by atoms with E-state index < -0.39 is 0 Å². The molecule has 8 nitrogen and oxygen atoms in total. The Morgan fingerprint density at radius 3 is 1.32 bits per heavy atom. The number of benzene rings is 2. The van der Waals surface area contributed by atoms with Crippen LogP contribution in [0.4, 0.5) is 11.4 Å². The number of hydrogen-bond acceptors (Lipinski definition) is 6. The molecule has 2 N–H and O–H groups in total. The Kier molecular flexibility index (Phi) is 11.3. The monoisotopic (exact) mass is 464 g/mol. The quantitative estimate of drug-likeness (QED) is 0.268. The molecule has 2 aromatic rings. The molecular weight excluding hydrogens is 428 g/mol. The summed E-state index contributed by atoms with van der Waals surface area (Å²) in [5.74, 6) is -0.210. The molecule has 0 fully saturated rings. The summed E-state index contributed by atoms with van der Waals surface area (Å²) in [4.78, 5) is 27.8. The van der Waals surface area contributed by atoms with Gasteiger partial charge in [0.1, 0.15) is 0 Å². The van der Waals surface area contributed by atoms with Crippen molar-refractivity contribution in [2.75, 3.05) is 38.0 Å². The molecule has 0 aliphatic heterocycles. The summed E-state index contributed by atoms with van der Waals surface area (Å²) in [5.41, 5.74) is 9.19. The van der Waals surface area contributed by atoms with E-state index in [0.717, 1.165) is 48.2 Å². The van der Waals surface area contributed by atoms with Gasteiger partial charge in [-0.1, -0.05) is 37.1 Å². The van der Waals surface area contributed by atoms with Crippen LogP contribution in [0.3, 0.4) is 0 Å². The largest absolute Gasteiger partial charge is 0.378 e. The summed E-state index contributed by atoms with van der Waals surface area (Å²) < 4.78 is 0. The highest BCUT2D eigenvalue weighted by molar-refractivity contribution is 5.83. The van der Waals surface area contributed by atoms with Gasteiger partial charge in [0.25, 0.3) is 0 Å². The Bertz CT molecular complexity index is 871. The maximum atomic E-state index is 11.9. The second kappa shape index (κ2) is 14.5. The predicted molar refractivity (Wildman–Crippen MR) is 141 cm³/mol. The average molecular weight is 465 g/mol. The van der Waals surface area contributed by atoms with E-state index in [4.69, 9.17) is 0 Å². The number of carbonyl (C=O) groups is 2. The van der Waals surface area contributed by atoms with Crippen LogP contribution in [0, 0.1) is 0 Å². The Morgan fingerprint density at radius 2 is 1.00 bits per heavy atom. The topological polar surface area (TPSA) is 89.4 Å². The highest BCUT2D eigenvalue weighted by Crippen LogP contribution is 2.12. The third-order valence-corrected chi connectivity index (χ3v) is 5.18. The summed E-state index contributed by atoms with van der Waals surface area (Å²) >= 11 is 0. The maximum absolute atomic E-state index is 11.9. The molecule has 0 spiro atoms. The summed E-state index contributed by atoms with van der Waals surface area (Å²) in [7, 11) is 7.95. The normalized spacial score (nSPS) is 11.1. The number of hydrazone groups is 2. The number of carbonyl (C=O) groups excluding carboxylic acids is 2. The minimum atomic E-state index is -0.105. The molecular formula is C26H36N6O2. The van der Waals surface area contributed by atoms with Gasteiger partial charge in [-0.05, 0) is 48.2 Å². The van der Waals surface area contributed by atoms with Crippen molar-refractivity contribution in [3.63, 3.8) is 0 Å². The fourth-order valence-corrected chi connectivity index (χ4v) is 3.11. The van der Waals surface area contributed by atoms with Crippen LogP contribution >= 0.6 is 0 Å². The molecule has 0 unspecified atom stereocenters. The van der Waals surface area contributed by atoms with Gasteiger partial charge in [0, 0.05) is 52.4 Å². The standard InChI is InChI=1S/C26H36N6O2/c1-31(2)23-15-11-21(12-16-23)19-27-29-25(33)9-7-5-6-8-10-26(34)30-28-20-22-13-17-24(18-14-22)32(3)4/h11-20H,5-10H2,1-4H3,(H,29,33)(H,30,34). The van der Waals surface area contributed by atoms with Gasteiger partial charge >= 0.3 is 0 Å². The number of hydrogen-bond donors (Lipinski definition) is 2. The molecule has 0 bridgehead atoms. The molecule has 182 valence electrons. The van der Waals surface area contributed by atoms with E-state index >= 15 is 0 Å². The Hall–Kier alpha value is -3.68. The Balaban J connectivity index is 1.52. The summed E-state index contributed by atoms with van der Waals surface area (Å²) in [6, 6.07) is 15.8. The SMILES string of the molecule is CN(C)c1ccc(C=NNC(=O)CCCCCCC(=O)NN=Cc2ccc(N(C)C)cc2)cc1. The van der Waals surface area contributed by atoms with Crippen molar-refractivity contribution in [1.82, 2.24) is 10.9 Å². The van der Waals surface area contributed by atoms with E-state index in [9.17, 15) is 9.59 Å². The van der Waals surface area contributed by atoms with Crippen molar-refractivity contribution in [2.24, 2.45) is 10.2 Å². The molecule has 2 amide bonds. The minimum absolute atomic E-state index is 0.105. The van der Waals surface area contributed by atoms with E-state index in [0.29, 0.717) is 12.8 Å². The average Bonchev–Trinajstić information content (AvgIpc) is 2.82. The van der Waals surface area contributed by atoms with Crippen molar-refractivity contribution in [1.29, 1.82) is 0 Å². The van der Waals surface area contributed by atoms with Gasteiger partial charge in [0.15, 0.2) is 0 Å². The van der Waals surface area contributed by atoms with Crippen molar-refractivity contribution < 1.29 is 9.59 Å². The first-order valence-corrected chi connectivity index (χ1v) is 11.5. The highest BCUT2D eigenvalue weighted by atomic mass is 16.2. The van der Waals surface area contributed by atoms with Crippen molar-refractivity contribution in [3.05, 3.63) is 59.7 Å². The first-order chi connectivity index (χ1) is 16.3. The summed E-state index contributed by atoms with van der Waals surface area (Å²) in [6.07, 6.45) is 7.41. The van der Waals surface area contributed by atoms with E-state index in [2.05, 4.69) is 21.1 Å². The van der Waals surface area contributed by atoms with Crippen LogP contribution in [0.15, 0.2) is 58.7 Å². The molecule has 0 aliphatic rings. The molecule has 0 radical (unpaired) electrons. The van der Waals surface area contributed by atoms with E-state index in [1.54, 1.807) is 12.4 Å². The first-order valence-electron chi connectivity index (χ1n) is 11.5. The van der Waals surface area contributed by atoms with Gasteiger partial charge in [0.05, 0.1) is 12.4 Å². The fourth-order valence-electron chi connectivity index (χ4n) is 3.11. The van der Waals surface area contributed by atoms with Crippen LogP contribution in [-0.2, 0) is 9.59 Å². The lowest BCUT2D eigenvalue weighted by molar-refractivity contribution is -0.122. The van der Waals surface area contributed by atoms with Crippen LogP contribution < -0.4 is 20.7 Å². The van der Waals surface area contributed by atoms with Gasteiger partial charge in [-0.15, -0.1) is 0 Å². The molecule has 0 saturated heterocycles. The van der Waals surface area contributed by atoms with Crippen molar-refractivity contribution >= 4 is 35.6 Å². The second-order valence-corrected chi connectivity index (χ2v) is 8.47. The van der Waals surface area contributed by atoms with Crippen molar-refractivity contribution in [2.45, 2.75) is 38.5 Å². The lowest BCUT2D eigenvalue weighted by Gasteiger charge is -2.11. The maximum Gasteiger partial charge on any atom is 0.240 e. The zero-order valence-corrected chi connectivity index (χ0v) is 20.6. The molecule has 2 aromatic carbocycles. The molecule has 8 heteroatoms. The van der Waals surface area contributed by atoms with Crippen LogP contribution in [0.1, 0.15) is 49.7 Å². The molecule has 0 heterocycles. The van der Waals surface area contributed by atoms with Gasteiger partial charge in [-0.25, -0.2) is 10.9 Å². The molecule has 0 saturated carbocycles. The molecule has 0 atom stereocenters. The van der Waals surface area contributed by atoms with Crippen molar-refractivity contribution in [3.8, 4) is 0 Å². The van der Waals surface area contributed by atoms with Gasteiger partial charge in [0.2, 0.25) is 11.8 Å². The van der Waals surface area contributed by atoms with Gasteiger partial charge in [-0.3, -0.25) is 9.59 Å². The predicted octanol–water partition coefficient (Wildman–Crippen LogP) is 3.76. The zero-order valence-electron chi connectivity index (χ0n) is 20.6. The van der Waals surface area contributed by atoms with E-state index in [1.165, 1.54) is 0 Å². The number of rotatable bonds is 13. The number of nitrogens with zero attached hydrogens (tertiary/aromatic N) is 4. The Labute approximate surface area is 202 Å². The molecule has 0 aromatic heterocycles. The minimum Gasteiger partial charge on any atom is -0.378 e. The number of nitrogens with one attached hydrogen (secondary N) is 2. The third kappa shape index (κ3) is 10.3. The molecule has 2 rings (SSSR count). The van der Waals surface area contributed by atoms with Crippen LogP contribution in [0.25, 0.3) is 0 Å². The number of unbranched alkanes of at least 4 members (excludes halogenated alkanes) is 3. The van der Waals surface area contributed by atoms with Gasteiger partial charge in [-0.2, -0.15) is 10.2 Å². The highest BCUT2D eigenvalue weighted by Gasteiger charge is 2.02. The summed E-state index contributed by atoms with van der Waals surface area (Å²) in [5, 5.41) is 8.02. The number of amides is 2. The first kappa shape index (κ1) is 26.6. The van der Waals surface area contributed by atoms with Crippen LogP contribution in [-0.4, -0.2) is 52.4 Å². The van der Waals surface area contributed by atoms with Crippen LogP contribution in [0.2, 0.25) is 0 Å². The zero-order chi connectivity index (χ0) is 24.8.